The van der Waals surface area contributed by atoms with Crippen LogP contribution in [0, 0.1) is 5.92 Å². The van der Waals surface area contributed by atoms with Crippen LogP contribution in [0.1, 0.15) is 46.0 Å². The Labute approximate surface area is 149 Å². The predicted molar refractivity (Wildman–Crippen MR) is 96.0 cm³/mol. The molecule has 24 heavy (non-hydrogen) atoms. The Morgan fingerprint density at radius 2 is 1.88 bits per heavy atom. The molecule has 3 aliphatic heterocycles. The fraction of sp³-hybridized carbons (Fsp3) is 0.889. The average molecular weight is 355 g/mol. The van der Waals surface area contributed by atoms with Gasteiger partial charge in [-0.05, 0) is 31.6 Å². The minimum atomic E-state index is 0.137. The van der Waals surface area contributed by atoms with E-state index in [-0.39, 0.29) is 23.4 Å². The van der Waals surface area contributed by atoms with Crippen molar-refractivity contribution in [3.8, 4) is 0 Å². The summed E-state index contributed by atoms with van der Waals surface area (Å²) in [5.74, 6) is 1.96. The molecule has 3 fully saturated rings. The van der Waals surface area contributed by atoms with Crippen molar-refractivity contribution in [2.24, 2.45) is 5.92 Å². The zero-order valence-electron chi connectivity index (χ0n) is 15.0. The van der Waals surface area contributed by atoms with Crippen molar-refractivity contribution in [1.29, 1.82) is 0 Å². The van der Waals surface area contributed by atoms with Crippen LogP contribution >= 0.6 is 11.8 Å². The molecule has 0 aromatic carbocycles. The van der Waals surface area contributed by atoms with Crippen molar-refractivity contribution in [1.82, 2.24) is 9.80 Å². The number of nitrogens with zero attached hydrogens (tertiary/aromatic N) is 2. The maximum Gasteiger partial charge on any atom is 0.248 e. The normalized spacial score (nSPS) is 25.5. The molecule has 0 bridgehead atoms. The summed E-state index contributed by atoms with van der Waals surface area (Å²) in [4.78, 5) is 28.1. The molecule has 3 heterocycles. The molecule has 0 radical (unpaired) electrons. The average Bonchev–Trinajstić information content (AvgIpc) is 3.18. The van der Waals surface area contributed by atoms with Crippen molar-refractivity contribution in [2.75, 3.05) is 38.5 Å². The summed E-state index contributed by atoms with van der Waals surface area (Å²) < 4.78 is 6.06. The molecule has 136 valence electrons. The molecule has 0 aromatic heterocycles. The van der Waals surface area contributed by atoms with E-state index in [9.17, 15) is 9.59 Å². The Hall–Kier alpha value is -0.750. The Balaban J connectivity index is 1.36. The van der Waals surface area contributed by atoms with Crippen LogP contribution in [0.3, 0.4) is 0 Å². The summed E-state index contributed by atoms with van der Waals surface area (Å²) in [6.45, 7) is 8.02. The van der Waals surface area contributed by atoms with Crippen LogP contribution in [0.25, 0.3) is 0 Å². The Kier molecular flexibility index (Phi) is 5.75. The number of carbonyl (C=O) groups is 2. The number of carbonyl (C=O) groups excluding carboxylic acids is 2. The maximum atomic E-state index is 12.1. The third-order valence-corrected chi connectivity index (χ3v) is 6.90. The SMILES string of the molecule is CC(C)CCC(=O)N1CC2(C[C@@H](OCC(=O)N3CCCC3)CS2)C1. The first-order chi connectivity index (χ1) is 11.5. The molecule has 0 saturated carbocycles. The van der Waals surface area contributed by atoms with Crippen molar-refractivity contribution in [3.05, 3.63) is 0 Å². The fourth-order valence-electron chi connectivity index (χ4n) is 3.77. The highest BCUT2D eigenvalue weighted by atomic mass is 32.2. The van der Waals surface area contributed by atoms with Gasteiger partial charge in [-0.15, -0.1) is 11.8 Å². The number of thioether (sulfide) groups is 1. The number of ether oxygens (including phenoxy) is 1. The van der Waals surface area contributed by atoms with Crippen LogP contribution in [0.5, 0.6) is 0 Å². The second-order valence-corrected chi connectivity index (χ2v) is 9.39. The molecule has 0 N–H and O–H groups in total. The summed E-state index contributed by atoms with van der Waals surface area (Å²) in [5, 5.41) is 0. The summed E-state index contributed by atoms with van der Waals surface area (Å²) in [7, 11) is 0. The van der Waals surface area contributed by atoms with Gasteiger partial charge in [0.2, 0.25) is 11.8 Å². The third kappa shape index (κ3) is 4.26. The lowest BCUT2D eigenvalue weighted by Crippen LogP contribution is -2.60. The van der Waals surface area contributed by atoms with Crippen molar-refractivity contribution >= 4 is 23.6 Å². The second-order valence-electron chi connectivity index (χ2n) is 7.90. The van der Waals surface area contributed by atoms with Gasteiger partial charge in [0, 0.05) is 38.4 Å². The van der Waals surface area contributed by atoms with Gasteiger partial charge >= 0.3 is 0 Å². The summed E-state index contributed by atoms with van der Waals surface area (Å²) >= 11 is 1.93. The molecule has 3 saturated heterocycles. The maximum absolute atomic E-state index is 12.1. The zero-order valence-corrected chi connectivity index (χ0v) is 15.8. The molecule has 1 atom stereocenters. The van der Waals surface area contributed by atoms with Crippen molar-refractivity contribution in [2.45, 2.75) is 56.8 Å². The van der Waals surface area contributed by atoms with Gasteiger partial charge in [0.25, 0.3) is 0 Å². The smallest absolute Gasteiger partial charge is 0.248 e. The van der Waals surface area contributed by atoms with E-state index in [0.717, 1.165) is 57.6 Å². The topological polar surface area (TPSA) is 49.9 Å². The van der Waals surface area contributed by atoms with Gasteiger partial charge in [-0.25, -0.2) is 0 Å². The lowest BCUT2D eigenvalue weighted by Gasteiger charge is -2.47. The fourth-order valence-corrected chi connectivity index (χ4v) is 5.32. The highest BCUT2D eigenvalue weighted by Crippen LogP contribution is 2.46. The van der Waals surface area contributed by atoms with Crippen LogP contribution in [-0.4, -0.2) is 71.0 Å². The van der Waals surface area contributed by atoms with Gasteiger partial charge in [-0.1, -0.05) is 13.8 Å². The number of likely N-dealkylation sites (tertiary alicyclic amines) is 2. The molecule has 3 rings (SSSR count). The first kappa shape index (κ1) is 18.1. The molecular formula is C18H30N2O3S. The van der Waals surface area contributed by atoms with Crippen LogP contribution in [0.4, 0.5) is 0 Å². The lowest BCUT2D eigenvalue weighted by molar-refractivity contribution is -0.138. The highest BCUT2D eigenvalue weighted by Gasteiger charge is 2.50. The molecule has 0 unspecified atom stereocenters. The van der Waals surface area contributed by atoms with Gasteiger partial charge in [-0.3, -0.25) is 9.59 Å². The summed E-state index contributed by atoms with van der Waals surface area (Å²) in [5.41, 5.74) is 0. The van der Waals surface area contributed by atoms with Crippen molar-refractivity contribution in [3.63, 3.8) is 0 Å². The van der Waals surface area contributed by atoms with E-state index >= 15 is 0 Å². The quantitative estimate of drug-likeness (QED) is 0.733. The molecule has 0 aliphatic carbocycles. The number of amides is 2. The number of hydrogen-bond acceptors (Lipinski definition) is 4. The van der Waals surface area contributed by atoms with Crippen LogP contribution in [0.15, 0.2) is 0 Å². The molecule has 1 spiro atoms. The minimum absolute atomic E-state index is 0.137. The zero-order chi connectivity index (χ0) is 17.2. The van der Waals surface area contributed by atoms with E-state index in [1.807, 2.05) is 21.6 Å². The Morgan fingerprint density at radius 1 is 1.17 bits per heavy atom. The first-order valence-electron chi connectivity index (χ1n) is 9.28. The van der Waals surface area contributed by atoms with Crippen molar-refractivity contribution < 1.29 is 14.3 Å². The van der Waals surface area contributed by atoms with E-state index in [0.29, 0.717) is 18.2 Å². The molecule has 0 aromatic rings. The molecule has 3 aliphatic rings. The highest BCUT2D eigenvalue weighted by molar-refractivity contribution is 8.01. The summed E-state index contributed by atoms with van der Waals surface area (Å²) in [6.07, 6.45) is 5.01. The van der Waals surface area contributed by atoms with E-state index in [2.05, 4.69) is 13.8 Å². The molecule has 5 nitrogen and oxygen atoms in total. The second kappa shape index (κ2) is 7.65. The number of rotatable bonds is 6. The van der Waals surface area contributed by atoms with Crippen LogP contribution in [-0.2, 0) is 14.3 Å². The van der Waals surface area contributed by atoms with E-state index < -0.39 is 0 Å². The van der Waals surface area contributed by atoms with Crippen LogP contribution in [0.2, 0.25) is 0 Å². The van der Waals surface area contributed by atoms with Gasteiger partial charge < -0.3 is 14.5 Å². The van der Waals surface area contributed by atoms with Gasteiger partial charge in [-0.2, -0.15) is 0 Å². The number of hydrogen-bond donors (Lipinski definition) is 0. The van der Waals surface area contributed by atoms with E-state index in [4.69, 9.17) is 4.74 Å². The summed E-state index contributed by atoms with van der Waals surface area (Å²) in [6, 6.07) is 0. The third-order valence-electron chi connectivity index (χ3n) is 5.32. The predicted octanol–water partition coefficient (Wildman–Crippen LogP) is 2.15. The Morgan fingerprint density at radius 3 is 2.54 bits per heavy atom. The lowest BCUT2D eigenvalue weighted by atomic mass is 9.92. The van der Waals surface area contributed by atoms with Gasteiger partial charge in [0.05, 0.1) is 10.9 Å². The molecule has 2 amide bonds. The molecule has 6 heteroatoms. The largest absolute Gasteiger partial charge is 0.367 e. The van der Waals surface area contributed by atoms with Gasteiger partial charge in [0.15, 0.2) is 0 Å². The standard InChI is InChI=1S/C18H30N2O3S/c1-14(2)5-6-16(21)20-12-18(13-20)9-15(11-24-18)23-10-17(22)19-7-3-4-8-19/h14-15H,3-13H2,1-2H3/t15-/m1/s1. The van der Waals surface area contributed by atoms with E-state index in [1.54, 1.807) is 0 Å². The van der Waals surface area contributed by atoms with E-state index in [1.165, 1.54) is 0 Å². The van der Waals surface area contributed by atoms with Gasteiger partial charge in [0.1, 0.15) is 6.61 Å². The monoisotopic (exact) mass is 354 g/mol. The minimum Gasteiger partial charge on any atom is -0.367 e. The molecular weight excluding hydrogens is 324 g/mol. The van der Waals surface area contributed by atoms with Crippen LogP contribution < -0.4 is 0 Å². The Bertz CT molecular complexity index is 471. The first-order valence-corrected chi connectivity index (χ1v) is 10.3.